The maximum absolute atomic E-state index is 13.2. The predicted molar refractivity (Wildman–Crippen MR) is 133 cm³/mol. The molecule has 0 saturated heterocycles. The molecule has 0 aromatic heterocycles. The van der Waals surface area contributed by atoms with Crippen LogP contribution in [-0.2, 0) is 26.0 Å². The average molecular weight is 498 g/mol. The number of rotatable bonds is 10. The zero-order valence-electron chi connectivity index (χ0n) is 19.6. The van der Waals surface area contributed by atoms with Crippen molar-refractivity contribution in [3.63, 3.8) is 0 Å². The molecule has 9 nitrogen and oxygen atoms in total. The summed E-state index contributed by atoms with van der Waals surface area (Å²) in [6.07, 6.45) is 0.116. The number of carbonyl (C=O) groups excluding carboxylic acids is 2. The number of hydrogen-bond donors (Lipinski definition) is 3. The Morgan fingerprint density at radius 1 is 0.829 bits per heavy atom. The Morgan fingerprint density at radius 3 is 2.11 bits per heavy atom. The Morgan fingerprint density at radius 2 is 1.49 bits per heavy atom. The fraction of sp³-hybridized carbons (Fsp3) is 0.200. The maximum Gasteiger partial charge on any atom is 0.242 e. The van der Waals surface area contributed by atoms with Crippen LogP contribution in [0.4, 0.5) is 11.4 Å². The third-order valence-corrected chi connectivity index (χ3v) is 6.48. The second-order valence-electron chi connectivity index (χ2n) is 7.63. The summed E-state index contributed by atoms with van der Waals surface area (Å²) in [5, 5.41) is 5.37. The molecule has 0 bridgehead atoms. The Balaban J connectivity index is 1.88. The van der Waals surface area contributed by atoms with Crippen LogP contribution < -0.4 is 24.8 Å². The molecule has 2 amide bonds. The highest BCUT2D eigenvalue weighted by Gasteiger charge is 2.27. The molecule has 3 N–H and O–H groups in total. The fourth-order valence-corrected chi connectivity index (χ4v) is 4.59. The van der Waals surface area contributed by atoms with Gasteiger partial charge in [-0.25, -0.2) is 8.42 Å². The van der Waals surface area contributed by atoms with Gasteiger partial charge in [-0.1, -0.05) is 36.4 Å². The van der Waals surface area contributed by atoms with Crippen LogP contribution in [0.1, 0.15) is 12.5 Å². The van der Waals surface area contributed by atoms with Crippen molar-refractivity contribution in [2.75, 3.05) is 24.9 Å². The summed E-state index contributed by atoms with van der Waals surface area (Å²) < 4.78 is 39.3. The van der Waals surface area contributed by atoms with Crippen molar-refractivity contribution in [1.82, 2.24) is 4.72 Å². The summed E-state index contributed by atoms with van der Waals surface area (Å²) in [5.74, 6) is -0.186. The standard InChI is InChI=1S/C25H27N3O6S/c1-17(29)26-19-10-7-11-20(15-19)27-25(30)22(14-18-8-5-4-6-9-18)28-35(31,32)21-12-13-23(33-2)24(16-21)34-3/h4-13,15-16,22,28H,14H2,1-3H3,(H,26,29)(H,27,30)/t22-/m0/s1. The summed E-state index contributed by atoms with van der Waals surface area (Å²) in [4.78, 5) is 24.5. The normalized spacial score (nSPS) is 11.9. The third kappa shape index (κ3) is 7.05. The number of carbonyl (C=O) groups is 2. The molecule has 0 aliphatic heterocycles. The van der Waals surface area contributed by atoms with E-state index in [4.69, 9.17) is 9.47 Å². The van der Waals surface area contributed by atoms with Gasteiger partial charge >= 0.3 is 0 Å². The Labute approximate surface area is 204 Å². The van der Waals surface area contributed by atoms with E-state index in [-0.39, 0.29) is 23.0 Å². The third-order valence-electron chi connectivity index (χ3n) is 5.01. The lowest BCUT2D eigenvalue weighted by molar-refractivity contribution is -0.117. The number of benzene rings is 3. The van der Waals surface area contributed by atoms with Gasteiger partial charge in [-0.2, -0.15) is 4.72 Å². The van der Waals surface area contributed by atoms with Gasteiger partial charge in [-0.15, -0.1) is 0 Å². The summed E-state index contributed by atoms with van der Waals surface area (Å²) in [6.45, 7) is 1.38. The summed E-state index contributed by atoms with van der Waals surface area (Å²) in [6, 6.07) is 18.7. The van der Waals surface area contributed by atoms with Gasteiger partial charge < -0.3 is 20.1 Å². The van der Waals surface area contributed by atoms with Gasteiger partial charge in [0.15, 0.2) is 11.5 Å². The monoisotopic (exact) mass is 497 g/mol. The smallest absolute Gasteiger partial charge is 0.242 e. The second-order valence-corrected chi connectivity index (χ2v) is 9.35. The number of amides is 2. The molecule has 0 saturated carbocycles. The van der Waals surface area contributed by atoms with Gasteiger partial charge in [0.2, 0.25) is 21.8 Å². The Hall–Kier alpha value is -3.89. The predicted octanol–water partition coefficient (Wildman–Crippen LogP) is 3.19. The van der Waals surface area contributed by atoms with Crippen LogP contribution in [-0.4, -0.2) is 40.5 Å². The number of hydrogen-bond acceptors (Lipinski definition) is 6. The number of sulfonamides is 1. The first kappa shape index (κ1) is 25.7. The van der Waals surface area contributed by atoms with Crippen LogP contribution in [0.2, 0.25) is 0 Å². The lowest BCUT2D eigenvalue weighted by Crippen LogP contribution is -2.45. The van der Waals surface area contributed by atoms with Gasteiger partial charge in [0.25, 0.3) is 0 Å². The van der Waals surface area contributed by atoms with Gasteiger partial charge in [0.05, 0.1) is 19.1 Å². The van der Waals surface area contributed by atoms with E-state index in [1.807, 2.05) is 30.3 Å². The first-order chi connectivity index (χ1) is 16.7. The summed E-state index contributed by atoms with van der Waals surface area (Å²) in [7, 11) is -1.25. The van der Waals surface area contributed by atoms with E-state index in [0.717, 1.165) is 5.56 Å². The van der Waals surface area contributed by atoms with Crippen molar-refractivity contribution in [1.29, 1.82) is 0 Å². The first-order valence-corrected chi connectivity index (χ1v) is 12.2. The molecule has 0 spiro atoms. The van der Waals surface area contributed by atoms with E-state index in [9.17, 15) is 18.0 Å². The second kappa shape index (κ2) is 11.5. The summed E-state index contributed by atoms with van der Waals surface area (Å²) >= 11 is 0. The average Bonchev–Trinajstić information content (AvgIpc) is 2.83. The molecule has 184 valence electrons. The minimum absolute atomic E-state index is 0.0753. The fourth-order valence-electron chi connectivity index (χ4n) is 3.38. The maximum atomic E-state index is 13.2. The molecular weight excluding hydrogens is 470 g/mol. The zero-order chi connectivity index (χ0) is 25.4. The van der Waals surface area contributed by atoms with Crippen molar-refractivity contribution < 1.29 is 27.5 Å². The lowest BCUT2D eigenvalue weighted by atomic mass is 10.1. The molecule has 0 radical (unpaired) electrons. The summed E-state index contributed by atoms with van der Waals surface area (Å²) in [5.41, 5.74) is 1.68. The van der Waals surface area contributed by atoms with E-state index in [0.29, 0.717) is 17.1 Å². The van der Waals surface area contributed by atoms with Crippen molar-refractivity contribution in [3.05, 3.63) is 78.4 Å². The zero-order valence-corrected chi connectivity index (χ0v) is 20.4. The van der Waals surface area contributed by atoms with E-state index in [1.165, 1.54) is 39.3 Å². The molecule has 0 unspecified atom stereocenters. The van der Waals surface area contributed by atoms with Gasteiger partial charge in [0.1, 0.15) is 6.04 Å². The number of anilines is 2. The van der Waals surface area contributed by atoms with Crippen molar-refractivity contribution in [2.24, 2.45) is 0 Å². The van der Waals surface area contributed by atoms with Crippen molar-refractivity contribution >= 4 is 33.2 Å². The van der Waals surface area contributed by atoms with E-state index in [2.05, 4.69) is 15.4 Å². The molecule has 0 aliphatic rings. The lowest BCUT2D eigenvalue weighted by Gasteiger charge is -2.19. The van der Waals surface area contributed by atoms with Gasteiger partial charge in [0, 0.05) is 24.4 Å². The molecule has 35 heavy (non-hydrogen) atoms. The van der Waals surface area contributed by atoms with Crippen LogP contribution in [0.25, 0.3) is 0 Å². The van der Waals surface area contributed by atoms with E-state index in [1.54, 1.807) is 24.3 Å². The quantitative estimate of drug-likeness (QED) is 0.395. The topological polar surface area (TPSA) is 123 Å². The molecular formula is C25H27N3O6S. The van der Waals surface area contributed by atoms with Crippen molar-refractivity contribution in [2.45, 2.75) is 24.3 Å². The molecule has 0 heterocycles. The minimum atomic E-state index is -4.10. The Bertz CT molecular complexity index is 1300. The molecule has 0 fully saturated rings. The molecule has 3 aromatic carbocycles. The highest BCUT2D eigenvalue weighted by atomic mass is 32.2. The van der Waals surface area contributed by atoms with Gasteiger partial charge in [-0.05, 0) is 42.3 Å². The molecule has 0 aliphatic carbocycles. The number of methoxy groups -OCH3 is 2. The van der Waals surface area contributed by atoms with Crippen LogP contribution in [0.3, 0.4) is 0 Å². The largest absolute Gasteiger partial charge is 0.493 e. The first-order valence-electron chi connectivity index (χ1n) is 10.7. The molecule has 1 atom stereocenters. The van der Waals surface area contributed by atoms with E-state index >= 15 is 0 Å². The van der Waals surface area contributed by atoms with Crippen molar-refractivity contribution in [3.8, 4) is 11.5 Å². The highest BCUT2D eigenvalue weighted by molar-refractivity contribution is 7.89. The SMILES string of the molecule is COc1ccc(S(=O)(=O)N[C@@H](Cc2ccccc2)C(=O)Nc2cccc(NC(C)=O)c2)cc1OC. The molecule has 10 heteroatoms. The number of nitrogens with one attached hydrogen (secondary N) is 3. The van der Waals surface area contributed by atoms with Gasteiger partial charge in [-0.3, -0.25) is 9.59 Å². The van der Waals surface area contributed by atoms with Crippen LogP contribution in [0, 0.1) is 0 Å². The molecule has 3 aromatic rings. The minimum Gasteiger partial charge on any atom is -0.493 e. The highest BCUT2D eigenvalue weighted by Crippen LogP contribution is 2.29. The number of ether oxygens (including phenoxy) is 2. The van der Waals surface area contributed by atoms with Crippen LogP contribution in [0.5, 0.6) is 11.5 Å². The van der Waals surface area contributed by atoms with Crippen LogP contribution in [0.15, 0.2) is 77.7 Å². The van der Waals surface area contributed by atoms with E-state index < -0.39 is 22.0 Å². The van der Waals surface area contributed by atoms with Crippen LogP contribution >= 0.6 is 0 Å². The molecule has 3 rings (SSSR count). The Kier molecular flexibility index (Phi) is 8.45.